The Balaban J connectivity index is 1.71. The van der Waals surface area contributed by atoms with Crippen LogP contribution in [0.2, 0.25) is 0 Å². The van der Waals surface area contributed by atoms with E-state index in [9.17, 15) is 4.79 Å². The van der Waals surface area contributed by atoms with Gasteiger partial charge in [0, 0.05) is 5.56 Å². The first-order chi connectivity index (χ1) is 13.2. The van der Waals surface area contributed by atoms with Crippen molar-refractivity contribution < 1.29 is 9.90 Å². The highest BCUT2D eigenvalue weighted by molar-refractivity contribution is 5.88. The van der Waals surface area contributed by atoms with Gasteiger partial charge in [0.05, 0.1) is 17.5 Å². The van der Waals surface area contributed by atoms with Crippen LogP contribution in [-0.4, -0.2) is 21.0 Å². The van der Waals surface area contributed by atoms with Crippen molar-refractivity contribution >= 4 is 5.97 Å². The molecule has 3 aromatic rings. The lowest BCUT2D eigenvalue weighted by atomic mass is 9.63. The second-order valence-electron chi connectivity index (χ2n) is 9.06. The Kier molecular flexibility index (Phi) is 4.18. The molecule has 28 heavy (non-hydrogen) atoms. The molecule has 4 nitrogen and oxygen atoms in total. The third-order valence-electron chi connectivity index (χ3n) is 6.14. The van der Waals surface area contributed by atoms with Crippen LogP contribution >= 0.6 is 0 Å². The van der Waals surface area contributed by atoms with Gasteiger partial charge in [-0.05, 0) is 58.6 Å². The molecule has 2 aromatic carbocycles. The highest BCUT2D eigenvalue weighted by atomic mass is 16.4. The Labute approximate surface area is 165 Å². The number of fused-ring (bicyclic) bond motifs is 1. The van der Waals surface area contributed by atoms with E-state index in [2.05, 4.69) is 55.9 Å². The molecule has 0 bridgehead atoms. The van der Waals surface area contributed by atoms with Gasteiger partial charge in [-0.1, -0.05) is 52.0 Å². The highest BCUT2D eigenvalue weighted by Gasteiger charge is 2.37. The zero-order chi connectivity index (χ0) is 20.1. The summed E-state index contributed by atoms with van der Waals surface area (Å²) in [5.41, 5.74) is 6.47. The molecule has 1 heterocycles. The molecule has 0 aliphatic heterocycles. The number of hydrogen-bond acceptors (Lipinski definition) is 2. The normalized spacial score (nSPS) is 17.1. The van der Waals surface area contributed by atoms with Crippen molar-refractivity contribution in [2.24, 2.45) is 0 Å². The van der Waals surface area contributed by atoms with Crippen LogP contribution in [0.4, 0.5) is 0 Å². The molecule has 0 atom stereocenters. The van der Waals surface area contributed by atoms with E-state index in [0.29, 0.717) is 0 Å². The van der Waals surface area contributed by atoms with E-state index >= 15 is 0 Å². The summed E-state index contributed by atoms with van der Waals surface area (Å²) < 4.78 is 0. The van der Waals surface area contributed by atoms with Crippen molar-refractivity contribution in [3.8, 4) is 22.6 Å². The topological polar surface area (TPSA) is 66.0 Å². The molecule has 0 fully saturated rings. The number of nitrogens with zero attached hydrogens (tertiary/aromatic N) is 1. The van der Waals surface area contributed by atoms with Crippen molar-refractivity contribution in [2.45, 2.75) is 51.4 Å². The number of aromatic nitrogens is 2. The summed E-state index contributed by atoms with van der Waals surface area (Å²) in [5, 5.41) is 9.05. The van der Waals surface area contributed by atoms with Crippen LogP contribution in [0.3, 0.4) is 0 Å². The molecule has 0 amide bonds. The maximum atomic E-state index is 11.0. The first-order valence-electron chi connectivity index (χ1n) is 9.71. The Morgan fingerprint density at radius 3 is 2.18 bits per heavy atom. The lowest BCUT2D eigenvalue weighted by Crippen LogP contribution is -2.33. The van der Waals surface area contributed by atoms with Gasteiger partial charge >= 0.3 is 5.97 Å². The van der Waals surface area contributed by atoms with E-state index in [1.54, 1.807) is 24.3 Å². The molecule has 0 saturated carbocycles. The summed E-state index contributed by atoms with van der Waals surface area (Å²) in [5.74, 6) is -0.185. The minimum Gasteiger partial charge on any atom is -0.478 e. The predicted molar refractivity (Wildman–Crippen MR) is 112 cm³/mol. The maximum Gasteiger partial charge on any atom is 0.335 e. The average molecular weight is 374 g/mol. The van der Waals surface area contributed by atoms with E-state index < -0.39 is 5.97 Å². The third kappa shape index (κ3) is 3.13. The van der Waals surface area contributed by atoms with Crippen molar-refractivity contribution in [3.05, 3.63) is 65.4 Å². The van der Waals surface area contributed by atoms with Gasteiger partial charge in [0.15, 0.2) is 0 Å². The van der Waals surface area contributed by atoms with Crippen LogP contribution < -0.4 is 0 Å². The first-order valence-corrected chi connectivity index (χ1v) is 9.71. The van der Waals surface area contributed by atoms with Gasteiger partial charge in [-0.3, -0.25) is 0 Å². The number of carboxylic acid groups (broad SMARTS) is 1. The number of carbonyl (C=O) groups is 1. The van der Waals surface area contributed by atoms with Gasteiger partial charge in [-0.25, -0.2) is 9.78 Å². The van der Waals surface area contributed by atoms with Gasteiger partial charge in [-0.2, -0.15) is 0 Å². The van der Waals surface area contributed by atoms with Gasteiger partial charge in [-0.15, -0.1) is 0 Å². The summed E-state index contributed by atoms with van der Waals surface area (Å²) in [6.07, 6.45) is 4.23. The average Bonchev–Trinajstić information content (AvgIpc) is 3.15. The quantitative estimate of drug-likeness (QED) is 0.610. The number of H-pyrrole nitrogens is 1. The molecular weight excluding hydrogens is 348 g/mol. The number of aromatic amines is 1. The zero-order valence-electron chi connectivity index (χ0n) is 16.8. The van der Waals surface area contributed by atoms with E-state index in [1.165, 1.54) is 24.0 Å². The van der Waals surface area contributed by atoms with Gasteiger partial charge in [0.1, 0.15) is 5.82 Å². The second kappa shape index (κ2) is 6.33. The molecule has 1 aromatic heterocycles. The Morgan fingerprint density at radius 1 is 0.929 bits per heavy atom. The molecule has 2 N–H and O–H groups in total. The van der Waals surface area contributed by atoms with E-state index in [1.807, 2.05) is 6.20 Å². The smallest absolute Gasteiger partial charge is 0.335 e. The summed E-state index contributed by atoms with van der Waals surface area (Å²) in [7, 11) is 0. The minimum absolute atomic E-state index is 0.163. The summed E-state index contributed by atoms with van der Waals surface area (Å²) in [6, 6.07) is 13.5. The molecule has 1 aliphatic rings. The number of nitrogens with one attached hydrogen (secondary N) is 1. The number of carboxylic acids is 1. The molecular formula is C24H26N2O2. The van der Waals surface area contributed by atoms with Crippen LogP contribution in [-0.2, 0) is 10.8 Å². The van der Waals surface area contributed by atoms with Crippen LogP contribution in [0.5, 0.6) is 0 Å². The monoisotopic (exact) mass is 374 g/mol. The van der Waals surface area contributed by atoms with Crippen molar-refractivity contribution in [2.75, 3.05) is 0 Å². The molecule has 0 unspecified atom stereocenters. The SMILES string of the molecule is CC1(C)CCC(C)(C)c2cc(-c3cnc(-c4ccc(C(=O)O)cc4)[nH]3)ccc21. The second-order valence-corrected chi connectivity index (χ2v) is 9.06. The zero-order valence-corrected chi connectivity index (χ0v) is 16.8. The van der Waals surface area contributed by atoms with Gasteiger partial charge < -0.3 is 10.1 Å². The number of hydrogen-bond donors (Lipinski definition) is 2. The Hall–Kier alpha value is -2.88. The van der Waals surface area contributed by atoms with Crippen LogP contribution in [0.1, 0.15) is 62.0 Å². The number of rotatable bonds is 3. The first kappa shape index (κ1) is 18.5. The van der Waals surface area contributed by atoms with Crippen molar-refractivity contribution in [1.29, 1.82) is 0 Å². The van der Waals surface area contributed by atoms with E-state index in [4.69, 9.17) is 5.11 Å². The summed E-state index contributed by atoms with van der Waals surface area (Å²) in [6.45, 7) is 9.31. The van der Waals surface area contributed by atoms with Crippen LogP contribution in [0.25, 0.3) is 22.6 Å². The Bertz CT molecular complexity index is 1040. The molecule has 4 rings (SSSR count). The van der Waals surface area contributed by atoms with Gasteiger partial charge in [0.25, 0.3) is 0 Å². The van der Waals surface area contributed by atoms with Crippen molar-refractivity contribution in [1.82, 2.24) is 9.97 Å². The molecule has 0 spiro atoms. The lowest BCUT2D eigenvalue weighted by Gasteiger charge is -2.42. The number of imidazole rings is 1. The number of benzene rings is 2. The third-order valence-corrected chi connectivity index (χ3v) is 6.14. The fraction of sp³-hybridized carbons (Fsp3) is 0.333. The fourth-order valence-corrected chi connectivity index (χ4v) is 4.14. The standard InChI is InChI=1S/C24H26N2O2/c1-23(2)11-12-24(3,4)19-13-17(9-10-18(19)23)20-14-25-21(26-20)15-5-7-16(8-6-15)22(27)28/h5-10,13-14H,11-12H2,1-4H3,(H,25,26)(H,27,28). The maximum absolute atomic E-state index is 11.0. The van der Waals surface area contributed by atoms with Gasteiger partial charge in [0.2, 0.25) is 0 Å². The summed E-state index contributed by atoms with van der Waals surface area (Å²) in [4.78, 5) is 18.9. The number of aromatic carboxylic acids is 1. The summed E-state index contributed by atoms with van der Waals surface area (Å²) >= 11 is 0. The molecule has 0 saturated heterocycles. The van der Waals surface area contributed by atoms with Crippen LogP contribution in [0.15, 0.2) is 48.7 Å². The minimum atomic E-state index is -0.925. The molecule has 0 radical (unpaired) electrons. The lowest BCUT2D eigenvalue weighted by molar-refractivity contribution is 0.0697. The predicted octanol–water partition coefficient (Wildman–Crippen LogP) is 5.79. The van der Waals surface area contributed by atoms with E-state index in [-0.39, 0.29) is 16.4 Å². The fourth-order valence-electron chi connectivity index (χ4n) is 4.14. The highest BCUT2D eigenvalue weighted by Crippen LogP contribution is 2.46. The van der Waals surface area contributed by atoms with E-state index in [0.717, 1.165) is 22.6 Å². The molecule has 144 valence electrons. The molecule has 1 aliphatic carbocycles. The molecule has 4 heteroatoms. The van der Waals surface area contributed by atoms with Crippen molar-refractivity contribution in [3.63, 3.8) is 0 Å². The largest absolute Gasteiger partial charge is 0.478 e. The van der Waals surface area contributed by atoms with Crippen LogP contribution in [0, 0.1) is 0 Å². The Morgan fingerprint density at radius 2 is 1.54 bits per heavy atom.